The van der Waals surface area contributed by atoms with Crippen molar-refractivity contribution in [1.82, 2.24) is 9.71 Å². The molecular formula is C8H10ClN3O4S. The van der Waals surface area contributed by atoms with E-state index in [0.29, 0.717) is 0 Å². The quantitative estimate of drug-likeness (QED) is 0.806. The van der Waals surface area contributed by atoms with E-state index in [4.69, 9.17) is 11.6 Å². The lowest BCUT2D eigenvalue weighted by Gasteiger charge is -2.08. The summed E-state index contributed by atoms with van der Waals surface area (Å²) in [5.74, 6) is 0. The zero-order chi connectivity index (χ0) is 12.9. The Balaban J connectivity index is 2.70. The molecule has 7 nitrogen and oxygen atoms in total. The third-order valence-electron chi connectivity index (χ3n) is 1.47. The standard InChI is InChI=1S/C8H10ClN3O4S/c1-2-16-8(13)12-17(14,15)11-6-3-4-10-7(9)5-6/h3-5H,2H2,1H3,(H,10,11)(H,12,13). The van der Waals surface area contributed by atoms with Crippen LogP contribution in [0.5, 0.6) is 0 Å². The lowest BCUT2D eigenvalue weighted by Crippen LogP contribution is -2.35. The first-order valence-electron chi connectivity index (χ1n) is 4.52. The minimum absolute atomic E-state index is 0.0719. The van der Waals surface area contributed by atoms with Crippen LogP contribution in [-0.4, -0.2) is 26.1 Å². The van der Waals surface area contributed by atoms with Gasteiger partial charge in [-0.05, 0) is 19.1 Å². The molecule has 0 aromatic carbocycles. The minimum Gasteiger partial charge on any atom is -0.449 e. The van der Waals surface area contributed by atoms with Gasteiger partial charge in [0.05, 0.1) is 12.3 Å². The Labute approximate surface area is 103 Å². The first-order valence-corrected chi connectivity index (χ1v) is 6.38. The Morgan fingerprint density at radius 3 is 2.88 bits per heavy atom. The fourth-order valence-corrected chi connectivity index (χ4v) is 1.86. The lowest BCUT2D eigenvalue weighted by atomic mass is 10.4. The molecule has 0 fully saturated rings. The van der Waals surface area contributed by atoms with Crippen LogP contribution in [0, 0.1) is 0 Å². The summed E-state index contributed by atoms with van der Waals surface area (Å²) < 4.78 is 31.0. The van der Waals surface area contributed by atoms with Crippen LogP contribution in [0.4, 0.5) is 10.5 Å². The highest BCUT2D eigenvalue weighted by Gasteiger charge is 2.14. The zero-order valence-electron chi connectivity index (χ0n) is 8.81. The van der Waals surface area contributed by atoms with Crippen LogP contribution < -0.4 is 9.44 Å². The average molecular weight is 280 g/mol. The SMILES string of the molecule is CCOC(=O)NS(=O)(=O)Nc1ccnc(Cl)c1. The van der Waals surface area contributed by atoms with Gasteiger partial charge in [0.25, 0.3) is 0 Å². The van der Waals surface area contributed by atoms with E-state index >= 15 is 0 Å². The third kappa shape index (κ3) is 4.87. The molecule has 1 aromatic heterocycles. The molecule has 1 rings (SSSR count). The van der Waals surface area contributed by atoms with E-state index in [1.165, 1.54) is 18.3 Å². The third-order valence-corrected chi connectivity index (χ3v) is 2.62. The Kier molecular flexibility index (Phi) is 4.53. The fourth-order valence-electron chi connectivity index (χ4n) is 0.917. The largest absolute Gasteiger partial charge is 0.449 e. The number of carbonyl (C=O) groups is 1. The van der Waals surface area contributed by atoms with Gasteiger partial charge in [-0.3, -0.25) is 4.72 Å². The lowest BCUT2D eigenvalue weighted by molar-refractivity contribution is 0.159. The molecule has 9 heteroatoms. The second kappa shape index (κ2) is 5.69. The fraction of sp³-hybridized carbons (Fsp3) is 0.250. The van der Waals surface area contributed by atoms with Gasteiger partial charge in [-0.15, -0.1) is 0 Å². The summed E-state index contributed by atoms with van der Waals surface area (Å²) in [4.78, 5) is 14.6. The Morgan fingerprint density at radius 1 is 1.59 bits per heavy atom. The van der Waals surface area contributed by atoms with Crippen molar-refractivity contribution in [3.63, 3.8) is 0 Å². The van der Waals surface area contributed by atoms with E-state index in [1.54, 1.807) is 11.6 Å². The summed E-state index contributed by atoms with van der Waals surface area (Å²) in [7, 11) is -4.03. The molecule has 17 heavy (non-hydrogen) atoms. The summed E-state index contributed by atoms with van der Waals surface area (Å²) in [6, 6.07) is 2.68. The van der Waals surface area contributed by atoms with Gasteiger partial charge in [-0.25, -0.2) is 14.5 Å². The number of aromatic nitrogens is 1. The van der Waals surface area contributed by atoms with Gasteiger partial charge in [-0.2, -0.15) is 8.42 Å². The number of amides is 1. The molecule has 1 aromatic rings. The molecule has 0 aliphatic heterocycles. The summed E-state index contributed by atoms with van der Waals surface area (Å²) in [6.07, 6.45) is 0.269. The molecule has 0 aliphatic carbocycles. The molecule has 0 aliphatic rings. The number of carbonyl (C=O) groups excluding carboxylic acids is 1. The summed E-state index contributed by atoms with van der Waals surface area (Å²) >= 11 is 5.57. The average Bonchev–Trinajstić information content (AvgIpc) is 2.15. The topological polar surface area (TPSA) is 97.4 Å². The zero-order valence-corrected chi connectivity index (χ0v) is 10.4. The van der Waals surface area contributed by atoms with Crippen molar-refractivity contribution in [2.24, 2.45) is 0 Å². The van der Waals surface area contributed by atoms with Crippen molar-refractivity contribution in [3.8, 4) is 0 Å². The van der Waals surface area contributed by atoms with Gasteiger partial charge in [0, 0.05) is 6.20 Å². The molecule has 0 bridgehead atoms. The van der Waals surface area contributed by atoms with Crippen LogP contribution in [0.3, 0.4) is 0 Å². The second-order valence-electron chi connectivity index (χ2n) is 2.80. The van der Waals surface area contributed by atoms with E-state index in [0.717, 1.165) is 0 Å². The number of hydrogen-bond donors (Lipinski definition) is 2. The van der Waals surface area contributed by atoms with Crippen LogP contribution in [0.15, 0.2) is 18.3 Å². The van der Waals surface area contributed by atoms with E-state index in [9.17, 15) is 13.2 Å². The predicted octanol–water partition coefficient (Wildman–Crippen LogP) is 1.14. The smallest absolute Gasteiger partial charge is 0.422 e. The van der Waals surface area contributed by atoms with Gasteiger partial charge in [0.1, 0.15) is 5.15 Å². The summed E-state index contributed by atoms with van der Waals surface area (Å²) in [5, 5.41) is 0.126. The number of nitrogens with zero attached hydrogens (tertiary/aromatic N) is 1. The number of hydrogen-bond acceptors (Lipinski definition) is 5. The summed E-state index contributed by atoms with van der Waals surface area (Å²) in [5.41, 5.74) is 0.182. The van der Waals surface area contributed by atoms with Crippen molar-refractivity contribution in [2.45, 2.75) is 6.92 Å². The number of halogens is 1. The molecule has 1 heterocycles. The number of nitrogens with one attached hydrogen (secondary N) is 2. The van der Waals surface area contributed by atoms with Crippen LogP contribution in [0.1, 0.15) is 6.92 Å². The number of ether oxygens (including phenoxy) is 1. The molecule has 0 spiro atoms. The molecule has 0 unspecified atom stereocenters. The second-order valence-corrected chi connectivity index (χ2v) is 4.60. The van der Waals surface area contributed by atoms with Gasteiger partial charge >= 0.3 is 16.3 Å². The number of pyridine rings is 1. The van der Waals surface area contributed by atoms with E-state index < -0.39 is 16.3 Å². The molecule has 0 saturated carbocycles. The minimum atomic E-state index is -4.03. The Hall–Kier alpha value is -1.54. The first-order chi connectivity index (χ1) is 7.93. The molecular weight excluding hydrogens is 270 g/mol. The maximum atomic E-state index is 11.4. The molecule has 0 radical (unpaired) electrons. The Morgan fingerprint density at radius 2 is 2.29 bits per heavy atom. The van der Waals surface area contributed by atoms with Crippen LogP contribution >= 0.6 is 11.6 Å². The van der Waals surface area contributed by atoms with Crippen LogP contribution in [-0.2, 0) is 14.9 Å². The van der Waals surface area contributed by atoms with Crippen molar-refractivity contribution >= 4 is 33.6 Å². The first kappa shape index (κ1) is 13.5. The number of anilines is 1. The monoisotopic (exact) mass is 279 g/mol. The van der Waals surface area contributed by atoms with Crippen molar-refractivity contribution in [1.29, 1.82) is 0 Å². The number of rotatable bonds is 4. The molecule has 1 amide bonds. The highest BCUT2D eigenvalue weighted by Crippen LogP contribution is 2.12. The maximum absolute atomic E-state index is 11.4. The van der Waals surface area contributed by atoms with Crippen molar-refractivity contribution in [2.75, 3.05) is 11.3 Å². The highest BCUT2D eigenvalue weighted by atomic mass is 35.5. The van der Waals surface area contributed by atoms with Crippen molar-refractivity contribution < 1.29 is 17.9 Å². The van der Waals surface area contributed by atoms with E-state index in [-0.39, 0.29) is 17.4 Å². The van der Waals surface area contributed by atoms with Crippen molar-refractivity contribution in [3.05, 3.63) is 23.5 Å². The molecule has 0 atom stereocenters. The normalized spacial score (nSPS) is 10.7. The highest BCUT2D eigenvalue weighted by molar-refractivity contribution is 7.91. The van der Waals surface area contributed by atoms with Crippen LogP contribution in [0.2, 0.25) is 5.15 Å². The van der Waals surface area contributed by atoms with Gasteiger partial charge in [-0.1, -0.05) is 11.6 Å². The van der Waals surface area contributed by atoms with Gasteiger partial charge in [0.15, 0.2) is 0 Å². The predicted molar refractivity (Wildman–Crippen MR) is 61.9 cm³/mol. The van der Waals surface area contributed by atoms with E-state index in [2.05, 4.69) is 14.4 Å². The molecule has 94 valence electrons. The van der Waals surface area contributed by atoms with Crippen LogP contribution in [0.25, 0.3) is 0 Å². The Bertz CT molecular complexity index is 505. The maximum Gasteiger partial charge on any atom is 0.422 e. The van der Waals surface area contributed by atoms with E-state index in [1.807, 2.05) is 0 Å². The van der Waals surface area contributed by atoms with Gasteiger partial charge < -0.3 is 4.74 Å². The molecule has 0 saturated heterocycles. The van der Waals surface area contributed by atoms with Gasteiger partial charge in [0.2, 0.25) is 0 Å². The molecule has 2 N–H and O–H groups in total. The summed E-state index contributed by atoms with van der Waals surface area (Å²) in [6.45, 7) is 1.63.